The standard InChI is InChI=1S/C17H18O3/c1-11-14(9-6-10-15(11)19)16(12(2)18)17(20)13-7-4-3-5-8-13/h3-5,7-8,14,16H,1,6,9-10H2,2H3. The number of carbonyl (C=O) groups is 3. The summed E-state index contributed by atoms with van der Waals surface area (Å²) in [5.74, 6) is -1.55. The van der Waals surface area contributed by atoms with Gasteiger partial charge in [0.2, 0.25) is 0 Å². The molecule has 1 aliphatic rings. The third-order valence-electron chi connectivity index (χ3n) is 3.91. The van der Waals surface area contributed by atoms with Gasteiger partial charge in [0.15, 0.2) is 11.6 Å². The second-order valence-corrected chi connectivity index (χ2v) is 5.27. The Morgan fingerprint density at radius 2 is 1.90 bits per heavy atom. The minimum Gasteiger partial charge on any atom is -0.299 e. The van der Waals surface area contributed by atoms with E-state index < -0.39 is 5.92 Å². The largest absolute Gasteiger partial charge is 0.299 e. The molecule has 2 unspecified atom stereocenters. The molecule has 1 fully saturated rings. The molecule has 1 aliphatic carbocycles. The molecule has 20 heavy (non-hydrogen) atoms. The first-order chi connectivity index (χ1) is 9.52. The summed E-state index contributed by atoms with van der Waals surface area (Å²) in [5.41, 5.74) is 0.944. The average Bonchev–Trinajstić information content (AvgIpc) is 2.44. The van der Waals surface area contributed by atoms with E-state index in [2.05, 4.69) is 6.58 Å². The molecule has 0 aliphatic heterocycles. The van der Waals surface area contributed by atoms with Crippen LogP contribution in [0.5, 0.6) is 0 Å². The van der Waals surface area contributed by atoms with E-state index >= 15 is 0 Å². The number of Topliss-reactive ketones (excluding diaryl/α,β-unsaturated/α-hetero) is 3. The van der Waals surface area contributed by atoms with E-state index in [0.717, 1.165) is 0 Å². The molecule has 1 saturated carbocycles. The molecule has 0 saturated heterocycles. The van der Waals surface area contributed by atoms with Crippen molar-refractivity contribution in [3.05, 3.63) is 48.0 Å². The number of benzene rings is 1. The highest BCUT2D eigenvalue weighted by atomic mass is 16.2. The Balaban J connectivity index is 2.32. The lowest BCUT2D eigenvalue weighted by molar-refractivity contribution is -0.121. The van der Waals surface area contributed by atoms with Crippen molar-refractivity contribution in [1.82, 2.24) is 0 Å². The number of carbonyl (C=O) groups excluding carboxylic acids is 3. The van der Waals surface area contributed by atoms with E-state index in [1.54, 1.807) is 24.3 Å². The van der Waals surface area contributed by atoms with Crippen LogP contribution in [0.1, 0.15) is 36.5 Å². The predicted molar refractivity (Wildman–Crippen MR) is 76.4 cm³/mol. The summed E-state index contributed by atoms with van der Waals surface area (Å²) < 4.78 is 0. The van der Waals surface area contributed by atoms with E-state index in [-0.39, 0.29) is 23.3 Å². The normalized spacial score (nSPS) is 20.6. The number of hydrogen-bond acceptors (Lipinski definition) is 3. The fourth-order valence-electron chi connectivity index (χ4n) is 2.82. The van der Waals surface area contributed by atoms with Crippen LogP contribution in [-0.4, -0.2) is 17.3 Å². The average molecular weight is 270 g/mol. The van der Waals surface area contributed by atoms with Crippen molar-refractivity contribution in [2.75, 3.05) is 0 Å². The third-order valence-corrected chi connectivity index (χ3v) is 3.91. The van der Waals surface area contributed by atoms with Gasteiger partial charge in [-0.3, -0.25) is 14.4 Å². The Morgan fingerprint density at radius 1 is 1.25 bits per heavy atom. The Bertz CT molecular complexity index is 557. The van der Waals surface area contributed by atoms with E-state index in [0.29, 0.717) is 30.4 Å². The van der Waals surface area contributed by atoms with Crippen LogP contribution >= 0.6 is 0 Å². The Hall–Kier alpha value is -2.03. The summed E-state index contributed by atoms with van der Waals surface area (Å²) in [7, 11) is 0. The van der Waals surface area contributed by atoms with Gasteiger partial charge in [0, 0.05) is 17.9 Å². The zero-order chi connectivity index (χ0) is 14.7. The smallest absolute Gasteiger partial charge is 0.173 e. The van der Waals surface area contributed by atoms with Crippen LogP contribution in [0.4, 0.5) is 0 Å². The van der Waals surface area contributed by atoms with Crippen LogP contribution in [-0.2, 0) is 9.59 Å². The van der Waals surface area contributed by atoms with Crippen molar-refractivity contribution >= 4 is 17.3 Å². The van der Waals surface area contributed by atoms with Crippen LogP contribution in [0.25, 0.3) is 0 Å². The van der Waals surface area contributed by atoms with Crippen LogP contribution in [0.3, 0.4) is 0 Å². The van der Waals surface area contributed by atoms with Crippen molar-refractivity contribution in [2.45, 2.75) is 26.2 Å². The Morgan fingerprint density at radius 3 is 2.50 bits per heavy atom. The van der Waals surface area contributed by atoms with E-state index in [1.807, 2.05) is 6.07 Å². The zero-order valence-corrected chi connectivity index (χ0v) is 11.6. The maximum atomic E-state index is 12.6. The van der Waals surface area contributed by atoms with Gasteiger partial charge in [-0.05, 0) is 25.3 Å². The minimum atomic E-state index is -0.783. The summed E-state index contributed by atoms with van der Waals surface area (Å²) in [5, 5.41) is 0. The van der Waals surface area contributed by atoms with Crippen LogP contribution in [0.2, 0.25) is 0 Å². The Labute approximate surface area is 118 Å². The summed E-state index contributed by atoms with van der Waals surface area (Å²) >= 11 is 0. The summed E-state index contributed by atoms with van der Waals surface area (Å²) in [6.45, 7) is 5.22. The topological polar surface area (TPSA) is 51.2 Å². The number of ketones is 3. The first-order valence-corrected chi connectivity index (χ1v) is 6.84. The summed E-state index contributed by atoms with van der Waals surface area (Å²) in [6.07, 6.45) is 1.86. The van der Waals surface area contributed by atoms with Gasteiger partial charge in [-0.25, -0.2) is 0 Å². The van der Waals surface area contributed by atoms with Gasteiger partial charge in [0.25, 0.3) is 0 Å². The fraction of sp³-hybridized carbons (Fsp3) is 0.353. The number of hydrogen-bond donors (Lipinski definition) is 0. The fourth-order valence-corrected chi connectivity index (χ4v) is 2.82. The van der Waals surface area contributed by atoms with E-state index in [9.17, 15) is 14.4 Å². The molecule has 0 aromatic heterocycles. The molecule has 104 valence electrons. The molecule has 3 nitrogen and oxygen atoms in total. The molecule has 2 atom stereocenters. The molecular weight excluding hydrogens is 252 g/mol. The van der Waals surface area contributed by atoms with Crippen molar-refractivity contribution in [3.8, 4) is 0 Å². The van der Waals surface area contributed by atoms with Gasteiger partial charge in [0.1, 0.15) is 5.78 Å². The quantitative estimate of drug-likeness (QED) is 0.480. The van der Waals surface area contributed by atoms with Crippen LogP contribution in [0, 0.1) is 11.8 Å². The highest BCUT2D eigenvalue weighted by Gasteiger charge is 2.37. The first-order valence-electron chi connectivity index (χ1n) is 6.84. The molecule has 1 aromatic carbocycles. The number of allylic oxidation sites excluding steroid dienone is 1. The molecule has 0 bridgehead atoms. The maximum absolute atomic E-state index is 12.6. The van der Waals surface area contributed by atoms with Crippen molar-refractivity contribution in [1.29, 1.82) is 0 Å². The number of rotatable bonds is 4. The molecule has 0 N–H and O–H groups in total. The van der Waals surface area contributed by atoms with Crippen LogP contribution in [0.15, 0.2) is 42.5 Å². The SMILES string of the molecule is C=C1C(=O)CCCC1C(C(C)=O)C(=O)c1ccccc1. The van der Waals surface area contributed by atoms with Gasteiger partial charge >= 0.3 is 0 Å². The molecular formula is C17H18O3. The molecule has 0 amide bonds. The minimum absolute atomic E-state index is 0.0200. The highest BCUT2D eigenvalue weighted by molar-refractivity contribution is 6.11. The summed E-state index contributed by atoms with van der Waals surface area (Å²) in [4.78, 5) is 36.3. The first kappa shape index (κ1) is 14.4. The van der Waals surface area contributed by atoms with Gasteiger partial charge in [-0.1, -0.05) is 36.9 Å². The van der Waals surface area contributed by atoms with Gasteiger partial charge in [0.05, 0.1) is 5.92 Å². The van der Waals surface area contributed by atoms with Crippen molar-refractivity contribution in [2.24, 2.45) is 11.8 Å². The van der Waals surface area contributed by atoms with Gasteiger partial charge in [-0.15, -0.1) is 0 Å². The van der Waals surface area contributed by atoms with Crippen molar-refractivity contribution in [3.63, 3.8) is 0 Å². The molecule has 3 heteroatoms. The second kappa shape index (κ2) is 5.95. The predicted octanol–water partition coefficient (Wildman–Crippen LogP) is 3.00. The lowest BCUT2D eigenvalue weighted by Gasteiger charge is -2.29. The molecule has 0 heterocycles. The highest BCUT2D eigenvalue weighted by Crippen LogP contribution is 2.34. The van der Waals surface area contributed by atoms with E-state index in [4.69, 9.17) is 0 Å². The van der Waals surface area contributed by atoms with Gasteiger partial charge < -0.3 is 0 Å². The second-order valence-electron chi connectivity index (χ2n) is 5.27. The molecule has 0 radical (unpaired) electrons. The lowest BCUT2D eigenvalue weighted by atomic mass is 9.72. The summed E-state index contributed by atoms with van der Waals surface area (Å²) in [6, 6.07) is 8.76. The monoisotopic (exact) mass is 270 g/mol. The molecule has 2 rings (SSSR count). The Kier molecular flexibility index (Phi) is 4.28. The molecule has 0 spiro atoms. The van der Waals surface area contributed by atoms with Gasteiger partial charge in [-0.2, -0.15) is 0 Å². The van der Waals surface area contributed by atoms with Crippen LogP contribution < -0.4 is 0 Å². The maximum Gasteiger partial charge on any atom is 0.173 e. The third kappa shape index (κ3) is 2.77. The zero-order valence-electron chi connectivity index (χ0n) is 11.6. The van der Waals surface area contributed by atoms with Crippen molar-refractivity contribution < 1.29 is 14.4 Å². The van der Waals surface area contributed by atoms with E-state index in [1.165, 1.54) is 6.92 Å². The lowest BCUT2D eigenvalue weighted by Crippen LogP contribution is -2.35. The molecule has 1 aromatic rings.